The minimum atomic E-state index is -0.287. The molecule has 18 heavy (non-hydrogen) atoms. The molecular formula is C13H16N2O3. The van der Waals surface area contributed by atoms with Crippen molar-refractivity contribution in [1.29, 1.82) is 0 Å². The molecule has 0 saturated carbocycles. The summed E-state index contributed by atoms with van der Waals surface area (Å²) in [6.07, 6.45) is 1.60. The van der Waals surface area contributed by atoms with Crippen molar-refractivity contribution in [2.75, 3.05) is 14.2 Å². The summed E-state index contributed by atoms with van der Waals surface area (Å²) >= 11 is 0. The number of nitrogens with two attached hydrogens (primary N) is 1. The minimum absolute atomic E-state index is 0.287. The van der Waals surface area contributed by atoms with Gasteiger partial charge in [0.25, 0.3) is 0 Å². The van der Waals surface area contributed by atoms with E-state index in [2.05, 4.69) is 5.43 Å². The third-order valence-electron chi connectivity index (χ3n) is 2.74. The van der Waals surface area contributed by atoms with Crippen LogP contribution in [0, 0.1) is 0 Å². The summed E-state index contributed by atoms with van der Waals surface area (Å²) in [6, 6.07) is 8.91. The third-order valence-corrected chi connectivity index (χ3v) is 2.74. The van der Waals surface area contributed by atoms with E-state index in [1.807, 2.05) is 30.3 Å². The summed E-state index contributed by atoms with van der Waals surface area (Å²) in [5.74, 6) is 7.77. The molecule has 3 N–H and O–H groups in total. The highest BCUT2D eigenvalue weighted by Gasteiger charge is 2.20. The van der Waals surface area contributed by atoms with Crippen LogP contribution < -0.4 is 20.7 Å². The van der Waals surface area contributed by atoms with Gasteiger partial charge in [0.1, 0.15) is 23.3 Å². The molecule has 1 heterocycles. The molecule has 1 aromatic carbocycles. The lowest BCUT2D eigenvalue weighted by Crippen LogP contribution is -2.28. The SMILES string of the molecule is COc1ccc(OC)c(C(NN)c2ccco2)c1. The van der Waals surface area contributed by atoms with Gasteiger partial charge >= 0.3 is 0 Å². The summed E-state index contributed by atoms with van der Waals surface area (Å²) in [4.78, 5) is 0. The van der Waals surface area contributed by atoms with Crippen LogP contribution in [0.1, 0.15) is 17.4 Å². The lowest BCUT2D eigenvalue weighted by atomic mass is 10.0. The molecule has 1 unspecified atom stereocenters. The van der Waals surface area contributed by atoms with Gasteiger partial charge in [0, 0.05) is 5.56 Å². The van der Waals surface area contributed by atoms with E-state index < -0.39 is 0 Å². The highest BCUT2D eigenvalue weighted by atomic mass is 16.5. The van der Waals surface area contributed by atoms with Gasteiger partial charge in [-0.3, -0.25) is 5.84 Å². The maximum absolute atomic E-state index is 5.60. The van der Waals surface area contributed by atoms with Crippen LogP contribution >= 0.6 is 0 Å². The van der Waals surface area contributed by atoms with E-state index in [-0.39, 0.29) is 6.04 Å². The van der Waals surface area contributed by atoms with Crippen LogP contribution in [0.25, 0.3) is 0 Å². The van der Waals surface area contributed by atoms with Crippen LogP contribution in [-0.4, -0.2) is 14.2 Å². The van der Waals surface area contributed by atoms with E-state index in [1.165, 1.54) is 0 Å². The largest absolute Gasteiger partial charge is 0.497 e. The zero-order valence-corrected chi connectivity index (χ0v) is 10.3. The molecule has 2 aromatic rings. The first-order valence-electron chi connectivity index (χ1n) is 5.51. The first-order chi connectivity index (χ1) is 8.80. The van der Waals surface area contributed by atoms with Gasteiger partial charge in [0.15, 0.2) is 0 Å². The Morgan fingerprint density at radius 3 is 2.61 bits per heavy atom. The predicted molar refractivity (Wildman–Crippen MR) is 67.4 cm³/mol. The lowest BCUT2D eigenvalue weighted by molar-refractivity contribution is 0.385. The minimum Gasteiger partial charge on any atom is -0.497 e. The Hall–Kier alpha value is -1.98. The number of nitrogens with one attached hydrogen (secondary N) is 1. The maximum Gasteiger partial charge on any atom is 0.126 e. The zero-order chi connectivity index (χ0) is 13.0. The van der Waals surface area contributed by atoms with E-state index in [0.29, 0.717) is 5.76 Å². The molecule has 0 aliphatic heterocycles. The van der Waals surface area contributed by atoms with Crippen LogP contribution in [0.2, 0.25) is 0 Å². The van der Waals surface area contributed by atoms with Crippen molar-refractivity contribution in [2.24, 2.45) is 5.84 Å². The van der Waals surface area contributed by atoms with Gasteiger partial charge < -0.3 is 13.9 Å². The van der Waals surface area contributed by atoms with Crippen molar-refractivity contribution in [3.8, 4) is 11.5 Å². The second-order valence-corrected chi connectivity index (χ2v) is 3.72. The number of benzene rings is 1. The molecule has 0 amide bonds. The molecule has 1 atom stereocenters. The molecule has 0 aliphatic carbocycles. The van der Waals surface area contributed by atoms with Crippen LogP contribution in [0.5, 0.6) is 11.5 Å². The number of hydrazine groups is 1. The van der Waals surface area contributed by atoms with Gasteiger partial charge in [0.05, 0.1) is 20.5 Å². The lowest BCUT2D eigenvalue weighted by Gasteiger charge is -2.18. The number of furan rings is 1. The molecule has 96 valence electrons. The third kappa shape index (κ3) is 2.32. The van der Waals surface area contributed by atoms with Crippen molar-refractivity contribution < 1.29 is 13.9 Å². The molecule has 1 aromatic heterocycles. The number of methoxy groups -OCH3 is 2. The molecule has 2 rings (SSSR count). The standard InChI is InChI=1S/C13H16N2O3/c1-16-9-5-6-11(17-2)10(8-9)13(15-14)12-4-3-7-18-12/h3-8,13,15H,14H2,1-2H3. The summed E-state index contributed by atoms with van der Waals surface area (Å²) in [5.41, 5.74) is 3.57. The van der Waals surface area contributed by atoms with Gasteiger partial charge in [-0.15, -0.1) is 0 Å². The second kappa shape index (κ2) is 5.57. The Balaban J connectivity index is 2.46. The normalized spacial score (nSPS) is 12.2. The fourth-order valence-electron chi connectivity index (χ4n) is 1.85. The smallest absolute Gasteiger partial charge is 0.126 e. The predicted octanol–water partition coefficient (Wildman–Crippen LogP) is 1.85. The quantitative estimate of drug-likeness (QED) is 0.624. The zero-order valence-electron chi connectivity index (χ0n) is 10.3. The summed E-state index contributed by atoms with van der Waals surface area (Å²) < 4.78 is 15.9. The highest BCUT2D eigenvalue weighted by Crippen LogP contribution is 2.32. The number of hydrogen-bond acceptors (Lipinski definition) is 5. The maximum atomic E-state index is 5.60. The van der Waals surface area contributed by atoms with E-state index in [4.69, 9.17) is 19.7 Å². The van der Waals surface area contributed by atoms with Gasteiger partial charge in [-0.1, -0.05) is 0 Å². The summed E-state index contributed by atoms with van der Waals surface area (Å²) in [5, 5.41) is 0. The van der Waals surface area contributed by atoms with Gasteiger partial charge in [0.2, 0.25) is 0 Å². The highest BCUT2D eigenvalue weighted by molar-refractivity contribution is 5.44. The average Bonchev–Trinajstić information content (AvgIpc) is 2.93. The Kier molecular flexibility index (Phi) is 3.86. The first-order valence-corrected chi connectivity index (χ1v) is 5.51. The molecule has 0 aliphatic rings. The Morgan fingerprint density at radius 2 is 2.06 bits per heavy atom. The van der Waals surface area contributed by atoms with E-state index in [1.54, 1.807) is 20.5 Å². The summed E-state index contributed by atoms with van der Waals surface area (Å²) in [7, 11) is 3.23. The molecule has 0 radical (unpaired) electrons. The monoisotopic (exact) mass is 248 g/mol. The molecule has 0 spiro atoms. The number of hydrogen-bond donors (Lipinski definition) is 2. The van der Waals surface area contributed by atoms with Crippen molar-refractivity contribution in [2.45, 2.75) is 6.04 Å². The Morgan fingerprint density at radius 1 is 1.22 bits per heavy atom. The van der Waals surface area contributed by atoms with Crippen molar-refractivity contribution in [1.82, 2.24) is 5.43 Å². The van der Waals surface area contributed by atoms with Gasteiger partial charge in [-0.2, -0.15) is 0 Å². The Labute approximate surface area is 105 Å². The summed E-state index contributed by atoms with van der Waals surface area (Å²) in [6.45, 7) is 0. The van der Waals surface area contributed by atoms with Crippen molar-refractivity contribution in [3.05, 3.63) is 47.9 Å². The molecule has 5 heteroatoms. The van der Waals surface area contributed by atoms with Crippen LogP contribution in [0.4, 0.5) is 0 Å². The molecule has 5 nitrogen and oxygen atoms in total. The van der Waals surface area contributed by atoms with Crippen LogP contribution in [-0.2, 0) is 0 Å². The van der Waals surface area contributed by atoms with E-state index >= 15 is 0 Å². The molecular weight excluding hydrogens is 232 g/mol. The fourth-order valence-corrected chi connectivity index (χ4v) is 1.85. The van der Waals surface area contributed by atoms with Crippen molar-refractivity contribution in [3.63, 3.8) is 0 Å². The number of rotatable bonds is 5. The Bertz CT molecular complexity index is 497. The second-order valence-electron chi connectivity index (χ2n) is 3.72. The average molecular weight is 248 g/mol. The fraction of sp³-hybridized carbons (Fsp3) is 0.231. The van der Waals surface area contributed by atoms with E-state index in [9.17, 15) is 0 Å². The molecule has 0 fully saturated rings. The molecule has 0 bridgehead atoms. The number of ether oxygens (including phenoxy) is 2. The van der Waals surface area contributed by atoms with E-state index in [0.717, 1.165) is 17.1 Å². The topological polar surface area (TPSA) is 69.7 Å². The van der Waals surface area contributed by atoms with Gasteiger partial charge in [-0.25, -0.2) is 5.43 Å². The van der Waals surface area contributed by atoms with Crippen LogP contribution in [0.15, 0.2) is 41.0 Å². The van der Waals surface area contributed by atoms with Gasteiger partial charge in [-0.05, 0) is 30.3 Å². The van der Waals surface area contributed by atoms with Crippen molar-refractivity contribution >= 4 is 0 Å². The molecule has 0 saturated heterocycles. The van der Waals surface area contributed by atoms with Crippen LogP contribution in [0.3, 0.4) is 0 Å². The first kappa shape index (κ1) is 12.5.